The predicted octanol–water partition coefficient (Wildman–Crippen LogP) is 30.9. The molecule has 0 spiro atoms. The van der Waals surface area contributed by atoms with Gasteiger partial charge in [-0.3, -0.25) is 0 Å². The molecule has 10 rings (SSSR count). The molecule has 0 radical (unpaired) electrons. The molecule has 0 saturated carbocycles. The summed E-state index contributed by atoms with van der Waals surface area (Å²) in [7, 11) is 0. The number of rotatable bonds is 19. The molecule has 10 aromatic rings. The first-order chi connectivity index (χ1) is 47.7. The Bertz CT molecular complexity index is 3680. The Morgan fingerprint density at radius 2 is 0.535 bits per heavy atom. The van der Waals surface area contributed by atoms with Gasteiger partial charge in [-0.2, -0.15) is 0 Å². The highest BCUT2D eigenvalue weighted by molar-refractivity contribution is 5.89. The summed E-state index contributed by atoms with van der Waals surface area (Å²) >= 11 is 0. The van der Waals surface area contributed by atoms with Gasteiger partial charge in [0.1, 0.15) is 11.5 Å². The van der Waals surface area contributed by atoms with E-state index in [1.807, 2.05) is 24.3 Å². The number of benzene rings is 10. The van der Waals surface area contributed by atoms with E-state index >= 15 is 0 Å². The Morgan fingerprint density at radius 3 is 0.832 bits per heavy atom. The van der Waals surface area contributed by atoms with Gasteiger partial charge in [-0.25, -0.2) is 0 Å². The van der Waals surface area contributed by atoms with Crippen LogP contribution in [0.1, 0.15) is 320 Å². The van der Waals surface area contributed by atoms with Crippen LogP contribution >= 0.6 is 0 Å². The van der Waals surface area contributed by atoms with Gasteiger partial charge in [-0.05, 0) is 252 Å². The highest BCUT2D eigenvalue weighted by Gasteiger charge is 2.13. The summed E-state index contributed by atoms with van der Waals surface area (Å²) in [6.07, 6.45) is 3.43. The van der Waals surface area contributed by atoms with E-state index in [1.165, 1.54) is 129 Å². The molecule has 1 heteroatoms. The third-order valence-corrected chi connectivity index (χ3v) is 19.3. The van der Waals surface area contributed by atoms with Gasteiger partial charge in [0.15, 0.2) is 0 Å². The molecule has 0 aromatic heterocycles. The zero-order valence-electron chi connectivity index (χ0n) is 68.2. The maximum Gasteiger partial charge on any atom is 0.127 e. The zero-order valence-corrected chi connectivity index (χ0v) is 68.2. The summed E-state index contributed by atoms with van der Waals surface area (Å²) in [4.78, 5) is 0. The normalized spacial score (nSPS) is 11.3. The van der Waals surface area contributed by atoms with Crippen LogP contribution in [-0.2, 0) is 19.3 Å². The summed E-state index contributed by atoms with van der Waals surface area (Å²) in [6.45, 7) is 60.5. The molecule has 0 aliphatic rings. The maximum atomic E-state index is 5.85. The van der Waals surface area contributed by atoms with Crippen molar-refractivity contribution < 1.29 is 4.74 Å². The monoisotopic (exact) mass is 1350 g/mol. The molecule has 1 nitrogen and oxygen atoms in total. The molecule has 0 saturated heterocycles. The quantitative estimate of drug-likeness (QED) is 0.0784. The van der Waals surface area contributed by atoms with Crippen LogP contribution in [0.4, 0.5) is 0 Å². The fourth-order valence-electron chi connectivity index (χ4n) is 13.1. The van der Waals surface area contributed by atoms with Crippen LogP contribution in [0.2, 0.25) is 0 Å². The second-order valence-corrected chi connectivity index (χ2v) is 32.5. The van der Waals surface area contributed by atoms with Crippen molar-refractivity contribution >= 4 is 10.8 Å². The smallest absolute Gasteiger partial charge is 0.127 e. The molecule has 0 unspecified atom stereocenters. The molecular formula is C100H134O. The number of fused-ring (bicyclic) bond motifs is 1. The van der Waals surface area contributed by atoms with E-state index in [0.717, 1.165) is 29.8 Å². The van der Waals surface area contributed by atoms with Crippen LogP contribution in [0.25, 0.3) is 21.9 Å². The predicted molar refractivity (Wildman–Crippen MR) is 450 cm³/mol. The lowest BCUT2D eigenvalue weighted by atomic mass is 9.90. The lowest BCUT2D eigenvalue weighted by Gasteiger charge is -2.14. The van der Waals surface area contributed by atoms with Crippen molar-refractivity contribution in [2.24, 2.45) is 11.8 Å². The molecule has 0 aliphatic carbocycles. The molecule has 0 aliphatic heterocycles. The molecule has 0 amide bonds. The van der Waals surface area contributed by atoms with E-state index in [9.17, 15) is 0 Å². The van der Waals surface area contributed by atoms with Crippen LogP contribution in [-0.4, -0.2) is 0 Å². The van der Waals surface area contributed by atoms with Gasteiger partial charge in [-0.1, -0.05) is 354 Å². The second kappa shape index (κ2) is 41.4. The summed E-state index contributed by atoms with van der Waals surface area (Å²) < 4.78 is 5.85. The minimum Gasteiger partial charge on any atom is -0.457 e. The summed E-state index contributed by atoms with van der Waals surface area (Å²) in [5.41, 5.74) is 26.9. The Kier molecular flexibility index (Phi) is 34.4. The second-order valence-electron chi connectivity index (χ2n) is 32.5. The Labute approximate surface area is 618 Å². The van der Waals surface area contributed by atoms with Crippen molar-refractivity contribution in [3.8, 4) is 22.6 Å². The largest absolute Gasteiger partial charge is 0.457 e. The van der Waals surface area contributed by atoms with E-state index in [2.05, 4.69) is 375 Å². The minimum absolute atomic E-state index is 0.555. The van der Waals surface area contributed by atoms with Crippen LogP contribution < -0.4 is 4.74 Å². The van der Waals surface area contributed by atoms with Gasteiger partial charge < -0.3 is 4.74 Å². The molecule has 0 heterocycles. The lowest BCUT2D eigenvalue weighted by Crippen LogP contribution is -1.97. The van der Waals surface area contributed by atoms with E-state index in [4.69, 9.17) is 4.74 Å². The fraction of sp³-hybridized carbons (Fsp3) is 0.420. The zero-order chi connectivity index (χ0) is 74.8. The lowest BCUT2D eigenvalue weighted by molar-refractivity contribution is 0.482. The number of aryl methyl sites for hydroxylation is 3. The third-order valence-electron chi connectivity index (χ3n) is 19.3. The molecule has 0 bridgehead atoms. The number of hydrogen-bond donors (Lipinski definition) is 0. The highest BCUT2D eigenvalue weighted by Crippen LogP contribution is 2.33. The van der Waals surface area contributed by atoms with E-state index in [1.54, 1.807) is 0 Å². The Balaban J connectivity index is 0.000000220. The number of hydrogen-bond acceptors (Lipinski definition) is 1. The molecule has 10 aromatic carbocycles. The van der Waals surface area contributed by atoms with Crippen molar-refractivity contribution in [2.75, 3.05) is 0 Å². The standard InChI is InChI=1S/C20H26.C19H24.C18H22O.C16H20.C14H22.C13H20/c1-13(2)19-9-7-17(11-15(19)5)18-8-10-20(14(3)4)16(6)12-18;1-14(2)18-9-5-16(6-10-18)13-17-7-11-19(12-8-17)15(3)4;1-13(2)15-5-9-17(10-6-15)19-18-11-7-16(8-12-18)14(3)4;1-11(2)13-7-5-10-16-14(12(3)4)8-6-9-15(13)16;1-11(2)8-13-6-5-7-14(10-13)9-12(3)4;1-9(2)12-7-6-11(5)13(8-12)10(3)4/h7-14H,1-6H3;5-12,14-15H,13H2,1-4H3;5-14H,1-4H3;5-12H,1-4H3;5-7,10-12H,8-9H2,1-4H3;6-10H,1-5H3. The first-order valence-corrected chi connectivity index (χ1v) is 38.7. The van der Waals surface area contributed by atoms with Crippen LogP contribution in [0, 0.1) is 32.6 Å². The van der Waals surface area contributed by atoms with Crippen molar-refractivity contribution in [3.63, 3.8) is 0 Å². The minimum atomic E-state index is 0.555. The van der Waals surface area contributed by atoms with Gasteiger partial charge in [0.05, 0.1) is 0 Å². The average molecular weight is 1350 g/mol. The number of ether oxygens (including phenoxy) is 1. The molecule has 0 fully saturated rings. The summed E-state index contributed by atoms with van der Waals surface area (Å²) in [5.74, 6) is 9.26. The summed E-state index contributed by atoms with van der Waals surface area (Å²) in [6, 6.07) is 77.6. The van der Waals surface area contributed by atoms with Crippen LogP contribution in [0.15, 0.2) is 212 Å². The fourth-order valence-corrected chi connectivity index (χ4v) is 13.1. The molecule has 540 valence electrons. The van der Waals surface area contributed by atoms with Crippen molar-refractivity contribution in [2.45, 2.75) is 265 Å². The van der Waals surface area contributed by atoms with Crippen molar-refractivity contribution in [1.82, 2.24) is 0 Å². The Morgan fingerprint density at radius 1 is 0.228 bits per heavy atom. The maximum absolute atomic E-state index is 5.85. The van der Waals surface area contributed by atoms with Gasteiger partial charge >= 0.3 is 0 Å². The van der Waals surface area contributed by atoms with Crippen molar-refractivity contribution in [3.05, 3.63) is 307 Å². The first kappa shape index (κ1) is 83.9. The van der Waals surface area contributed by atoms with Crippen molar-refractivity contribution in [1.29, 1.82) is 0 Å². The average Bonchev–Trinajstić information content (AvgIpc) is 0.799. The van der Waals surface area contributed by atoms with E-state index < -0.39 is 0 Å². The van der Waals surface area contributed by atoms with Crippen LogP contribution in [0.5, 0.6) is 11.5 Å². The molecule has 0 atom stereocenters. The third kappa shape index (κ3) is 27.5. The SMILES string of the molecule is CC(C)Cc1cccc(CC(C)C)c1.CC(C)c1ccc(Cc2ccc(C(C)C)cc2)cc1.CC(C)c1ccc(Oc2ccc(C(C)C)cc2)cc1.CC(C)c1cccc2c(C(C)C)cccc12.Cc1cc(-c2ccc(C(C)C)c(C)c2)ccc1C(C)C.Cc1ccc(C(C)C)cc1C(C)C. The van der Waals surface area contributed by atoms with Gasteiger partial charge in [0.25, 0.3) is 0 Å². The van der Waals surface area contributed by atoms with Gasteiger partial charge in [0, 0.05) is 0 Å². The van der Waals surface area contributed by atoms with Crippen LogP contribution in [0.3, 0.4) is 0 Å². The highest BCUT2D eigenvalue weighted by atomic mass is 16.5. The first-order valence-electron chi connectivity index (χ1n) is 38.7. The Hall–Kier alpha value is -7.74. The summed E-state index contributed by atoms with van der Waals surface area (Å²) in [5, 5.41) is 2.84. The van der Waals surface area contributed by atoms with E-state index in [0.29, 0.717) is 59.2 Å². The topological polar surface area (TPSA) is 9.23 Å². The van der Waals surface area contributed by atoms with Gasteiger partial charge in [-0.15, -0.1) is 0 Å². The molecule has 101 heavy (non-hydrogen) atoms. The molecular weight excluding hydrogens is 1220 g/mol. The molecule has 0 N–H and O–H groups in total. The van der Waals surface area contributed by atoms with Gasteiger partial charge in [0.2, 0.25) is 0 Å². The van der Waals surface area contributed by atoms with E-state index in [-0.39, 0.29) is 0 Å².